The van der Waals surface area contributed by atoms with E-state index in [0.29, 0.717) is 10.4 Å². The van der Waals surface area contributed by atoms with Crippen LogP contribution in [0.2, 0.25) is 5.02 Å². The highest BCUT2D eigenvalue weighted by Crippen LogP contribution is 2.53. The van der Waals surface area contributed by atoms with Crippen molar-refractivity contribution in [3.8, 4) is 5.75 Å². The molecular formula is C24H30ClN5O2. The lowest BCUT2D eigenvalue weighted by Gasteiger charge is -2.23. The Morgan fingerprint density at radius 2 is 1.88 bits per heavy atom. The van der Waals surface area contributed by atoms with Crippen LogP contribution in [-0.4, -0.2) is 48.2 Å². The molecule has 0 radical (unpaired) electrons. The maximum absolute atomic E-state index is 11.3. The van der Waals surface area contributed by atoms with Crippen LogP contribution in [0.5, 0.6) is 5.75 Å². The summed E-state index contributed by atoms with van der Waals surface area (Å²) in [6, 6.07) is 7.90. The van der Waals surface area contributed by atoms with Crippen molar-refractivity contribution in [1.29, 1.82) is 0 Å². The lowest BCUT2D eigenvalue weighted by molar-refractivity contribution is -0.119. The molecule has 2 aliphatic heterocycles. The van der Waals surface area contributed by atoms with E-state index in [2.05, 4.69) is 25.1 Å². The highest BCUT2D eigenvalue weighted by molar-refractivity contribution is 6.35. The molecule has 8 heteroatoms. The molecule has 1 saturated carbocycles. The number of carbonyl (C=O) groups excluding carboxylic acids is 1. The highest BCUT2D eigenvalue weighted by atomic mass is 35.5. The van der Waals surface area contributed by atoms with Gasteiger partial charge in [0.2, 0.25) is 5.91 Å². The van der Waals surface area contributed by atoms with Crippen LogP contribution in [0.25, 0.3) is 0 Å². The van der Waals surface area contributed by atoms with Crippen LogP contribution in [0.4, 0.5) is 11.6 Å². The topological polar surface area (TPSA) is 70.6 Å². The first kappa shape index (κ1) is 21.3. The van der Waals surface area contributed by atoms with E-state index in [-0.39, 0.29) is 18.1 Å². The summed E-state index contributed by atoms with van der Waals surface area (Å²) in [5.41, 5.74) is 1.58. The van der Waals surface area contributed by atoms with Crippen LogP contribution < -0.4 is 19.9 Å². The molecule has 1 amide bonds. The number of nitrogens with zero attached hydrogens (tertiary/aromatic N) is 4. The van der Waals surface area contributed by atoms with E-state index < -0.39 is 0 Å². The number of amides is 1. The Balaban J connectivity index is 1.21. The molecule has 3 heterocycles. The maximum Gasteiger partial charge on any atom is 0.217 e. The normalized spacial score (nSPS) is 22.3. The van der Waals surface area contributed by atoms with Crippen LogP contribution in [0, 0.1) is 5.41 Å². The quantitative estimate of drug-likeness (QED) is 0.710. The van der Waals surface area contributed by atoms with Gasteiger partial charge in [0.1, 0.15) is 23.2 Å². The van der Waals surface area contributed by atoms with Crippen molar-refractivity contribution in [2.75, 3.05) is 36.0 Å². The van der Waals surface area contributed by atoms with Crippen molar-refractivity contribution in [2.45, 2.75) is 51.7 Å². The van der Waals surface area contributed by atoms with Gasteiger partial charge in [0, 0.05) is 33.0 Å². The van der Waals surface area contributed by atoms with Crippen molar-refractivity contribution in [3.63, 3.8) is 0 Å². The standard InChI is InChI=1S/C24H30ClN5O2/c1-16(28-17(2)31)18-3-5-19(6-4-18)32-20-7-11-29(13-20)22-21(25)23(27-15-26-22)30-12-10-24(14-30)8-9-24/h3-6,15-16,20H,7-14H2,1-2H3,(H,28,31)/t16-,20+/m0/s1. The minimum absolute atomic E-state index is 0.0250. The Bertz CT molecular complexity index is 994. The van der Waals surface area contributed by atoms with E-state index in [4.69, 9.17) is 16.3 Å². The number of carbonyl (C=O) groups is 1. The van der Waals surface area contributed by atoms with Crippen molar-refractivity contribution < 1.29 is 9.53 Å². The molecule has 3 fully saturated rings. The predicted molar refractivity (Wildman–Crippen MR) is 125 cm³/mol. The van der Waals surface area contributed by atoms with E-state index in [0.717, 1.165) is 55.5 Å². The van der Waals surface area contributed by atoms with Crippen molar-refractivity contribution in [1.82, 2.24) is 15.3 Å². The third kappa shape index (κ3) is 4.35. The average Bonchev–Trinajstić information content (AvgIpc) is 3.16. The molecule has 7 nitrogen and oxygen atoms in total. The van der Waals surface area contributed by atoms with Crippen LogP contribution in [0.15, 0.2) is 30.6 Å². The Morgan fingerprint density at radius 1 is 1.16 bits per heavy atom. The Kier molecular flexibility index (Phi) is 5.61. The zero-order valence-electron chi connectivity index (χ0n) is 18.7. The van der Waals surface area contributed by atoms with Gasteiger partial charge >= 0.3 is 0 Å². The van der Waals surface area contributed by atoms with Gasteiger partial charge < -0.3 is 19.9 Å². The number of hydrogen-bond donors (Lipinski definition) is 1. The summed E-state index contributed by atoms with van der Waals surface area (Å²) in [5, 5.41) is 3.55. The second-order valence-corrected chi connectivity index (χ2v) is 9.85. The van der Waals surface area contributed by atoms with Crippen LogP contribution >= 0.6 is 11.6 Å². The molecule has 1 aromatic heterocycles. The summed E-state index contributed by atoms with van der Waals surface area (Å²) in [5.74, 6) is 2.47. The molecule has 1 aromatic carbocycles. The minimum Gasteiger partial charge on any atom is -0.489 e. The second kappa shape index (κ2) is 8.43. The van der Waals surface area contributed by atoms with Gasteiger partial charge in [0.05, 0.1) is 12.6 Å². The maximum atomic E-state index is 11.3. The number of rotatable bonds is 6. The molecular weight excluding hydrogens is 426 g/mol. The summed E-state index contributed by atoms with van der Waals surface area (Å²) < 4.78 is 6.22. The third-order valence-electron chi connectivity index (χ3n) is 6.99. The Hall–Kier alpha value is -2.54. The van der Waals surface area contributed by atoms with Crippen LogP contribution in [0.3, 0.4) is 0 Å². The SMILES string of the molecule is CC(=O)N[C@@H](C)c1ccc(O[C@@H]2CCN(c3ncnc(N4CCC5(CC5)C4)c3Cl)C2)cc1. The average molecular weight is 456 g/mol. The molecule has 2 atom stereocenters. The molecule has 0 bridgehead atoms. The molecule has 3 aliphatic rings. The fourth-order valence-corrected chi connectivity index (χ4v) is 5.26. The molecule has 1 aliphatic carbocycles. The molecule has 1 spiro atoms. The van der Waals surface area contributed by atoms with Gasteiger partial charge in [-0.05, 0) is 49.3 Å². The van der Waals surface area contributed by atoms with Gasteiger partial charge in [0.15, 0.2) is 11.6 Å². The van der Waals surface area contributed by atoms with Crippen LogP contribution in [-0.2, 0) is 4.79 Å². The Morgan fingerprint density at radius 3 is 2.53 bits per heavy atom. The number of halogens is 1. The number of nitrogens with one attached hydrogen (secondary N) is 1. The van der Waals surface area contributed by atoms with Gasteiger partial charge in [-0.1, -0.05) is 23.7 Å². The van der Waals surface area contributed by atoms with E-state index in [1.54, 1.807) is 6.33 Å². The first-order valence-electron chi connectivity index (χ1n) is 11.5. The smallest absolute Gasteiger partial charge is 0.217 e. The van der Waals surface area contributed by atoms with Gasteiger partial charge in [-0.25, -0.2) is 9.97 Å². The monoisotopic (exact) mass is 455 g/mol. The van der Waals surface area contributed by atoms with E-state index in [1.807, 2.05) is 31.2 Å². The summed E-state index contributed by atoms with van der Waals surface area (Å²) in [6.45, 7) is 7.18. The largest absolute Gasteiger partial charge is 0.489 e. The number of hydrogen-bond acceptors (Lipinski definition) is 6. The fraction of sp³-hybridized carbons (Fsp3) is 0.542. The lowest BCUT2D eigenvalue weighted by atomic mass is 10.1. The summed E-state index contributed by atoms with van der Waals surface area (Å²) in [7, 11) is 0. The number of ether oxygens (including phenoxy) is 1. The first-order valence-corrected chi connectivity index (χ1v) is 11.8. The predicted octanol–water partition coefficient (Wildman–Crippen LogP) is 3.98. The molecule has 1 N–H and O–H groups in total. The zero-order valence-corrected chi connectivity index (χ0v) is 19.4. The Labute approximate surface area is 194 Å². The number of aromatic nitrogens is 2. The molecule has 2 aromatic rings. The van der Waals surface area contributed by atoms with E-state index in [9.17, 15) is 4.79 Å². The van der Waals surface area contributed by atoms with Crippen molar-refractivity contribution in [3.05, 3.63) is 41.2 Å². The first-order chi connectivity index (χ1) is 15.4. The summed E-state index contributed by atoms with van der Waals surface area (Å²) in [4.78, 5) is 24.8. The highest BCUT2D eigenvalue weighted by Gasteiger charge is 2.48. The van der Waals surface area contributed by atoms with E-state index >= 15 is 0 Å². The zero-order chi connectivity index (χ0) is 22.3. The van der Waals surface area contributed by atoms with Gasteiger partial charge in [0.25, 0.3) is 0 Å². The molecule has 170 valence electrons. The summed E-state index contributed by atoms with van der Waals surface area (Å²) >= 11 is 6.79. The van der Waals surface area contributed by atoms with Crippen molar-refractivity contribution >= 4 is 29.1 Å². The number of anilines is 2. The minimum atomic E-state index is -0.0350. The van der Waals surface area contributed by atoms with Crippen LogP contribution in [0.1, 0.15) is 51.1 Å². The second-order valence-electron chi connectivity index (χ2n) is 9.47. The third-order valence-corrected chi connectivity index (χ3v) is 7.33. The fourth-order valence-electron chi connectivity index (χ4n) is 4.93. The van der Waals surface area contributed by atoms with E-state index in [1.165, 1.54) is 26.2 Å². The van der Waals surface area contributed by atoms with Crippen molar-refractivity contribution in [2.24, 2.45) is 5.41 Å². The summed E-state index contributed by atoms with van der Waals surface area (Å²) in [6.07, 6.45) is 6.52. The molecule has 32 heavy (non-hydrogen) atoms. The van der Waals surface area contributed by atoms with Gasteiger partial charge in [-0.15, -0.1) is 0 Å². The lowest BCUT2D eigenvalue weighted by Crippen LogP contribution is -2.27. The molecule has 5 rings (SSSR count). The number of benzene rings is 1. The van der Waals surface area contributed by atoms with Gasteiger partial charge in [-0.3, -0.25) is 4.79 Å². The van der Waals surface area contributed by atoms with Gasteiger partial charge in [-0.2, -0.15) is 0 Å². The molecule has 2 saturated heterocycles. The molecule has 0 unspecified atom stereocenters.